The van der Waals surface area contributed by atoms with Crippen molar-refractivity contribution in [3.8, 4) is 0 Å². The van der Waals surface area contributed by atoms with Gasteiger partial charge in [0.1, 0.15) is 5.00 Å². The predicted octanol–water partition coefficient (Wildman–Crippen LogP) is 5.24. The lowest BCUT2D eigenvalue weighted by Crippen LogP contribution is -2.17. The monoisotopic (exact) mass is 484 g/mol. The highest BCUT2D eigenvalue weighted by Crippen LogP contribution is 2.40. The Morgan fingerprint density at radius 3 is 2.82 bits per heavy atom. The molecule has 172 valence electrons. The number of methoxy groups -OCH3 is 1. The van der Waals surface area contributed by atoms with Crippen LogP contribution in [0.1, 0.15) is 44.7 Å². The van der Waals surface area contributed by atoms with E-state index in [4.69, 9.17) is 9.15 Å². The van der Waals surface area contributed by atoms with E-state index < -0.39 is 5.97 Å². The molecule has 7 nitrogen and oxygen atoms in total. The molecule has 0 radical (unpaired) electrons. The van der Waals surface area contributed by atoms with E-state index in [-0.39, 0.29) is 23.3 Å². The summed E-state index contributed by atoms with van der Waals surface area (Å²) in [5, 5.41) is 6.24. The Morgan fingerprint density at radius 1 is 1.21 bits per heavy atom. The quantitative estimate of drug-likeness (QED) is 0.352. The lowest BCUT2D eigenvalue weighted by molar-refractivity contribution is -0.113. The van der Waals surface area contributed by atoms with Crippen LogP contribution in [0.2, 0.25) is 0 Å². The Kier molecular flexibility index (Phi) is 7.20. The summed E-state index contributed by atoms with van der Waals surface area (Å²) in [6.45, 7) is 2.19. The van der Waals surface area contributed by atoms with Gasteiger partial charge in [-0.25, -0.2) is 4.79 Å². The molecule has 1 aromatic carbocycles. The highest BCUT2D eigenvalue weighted by atomic mass is 32.2. The summed E-state index contributed by atoms with van der Waals surface area (Å²) in [7, 11) is 1.36. The summed E-state index contributed by atoms with van der Waals surface area (Å²) in [5.41, 5.74) is 2.10. The summed E-state index contributed by atoms with van der Waals surface area (Å²) in [5.74, 6) is -0.0175. The second-order valence-corrected chi connectivity index (χ2v) is 10.00. The number of ether oxygens (including phenoxy) is 1. The molecule has 1 atom stereocenters. The SMILES string of the molecule is COC(=O)c1c(NC(=O)CSc2cccc(NC(=O)c3ccco3)c2)sc2c1CCC(C)C2. The molecule has 0 fully saturated rings. The van der Waals surface area contributed by atoms with Gasteiger partial charge in [0.2, 0.25) is 5.91 Å². The van der Waals surface area contributed by atoms with Gasteiger partial charge in [0.15, 0.2) is 5.76 Å². The third-order valence-electron chi connectivity index (χ3n) is 5.36. The molecule has 0 saturated heterocycles. The number of rotatable bonds is 7. The van der Waals surface area contributed by atoms with E-state index in [1.54, 1.807) is 24.3 Å². The number of anilines is 2. The van der Waals surface area contributed by atoms with Crippen molar-refractivity contribution in [1.29, 1.82) is 0 Å². The van der Waals surface area contributed by atoms with Crippen molar-refractivity contribution in [2.24, 2.45) is 5.92 Å². The molecule has 2 N–H and O–H groups in total. The number of furan rings is 1. The highest BCUT2D eigenvalue weighted by molar-refractivity contribution is 8.00. The number of benzene rings is 1. The maximum absolute atomic E-state index is 12.7. The van der Waals surface area contributed by atoms with E-state index in [0.29, 0.717) is 22.2 Å². The molecular weight excluding hydrogens is 460 g/mol. The van der Waals surface area contributed by atoms with Gasteiger partial charge >= 0.3 is 5.97 Å². The average Bonchev–Trinajstić information content (AvgIpc) is 3.45. The molecule has 2 heterocycles. The Bertz CT molecular complexity index is 1170. The first-order valence-corrected chi connectivity index (χ1v) is 12.3. The molecule has 4 rings (SSSR count). The van der Waals surface area contributed by atoms with Crippen LogP contribution in [-0.2, 0) is 22.4 Å². The largest absolute Gasteiger partial charge is 0.465 e. The molecule has 0 bridgehead atoms. The molecular formula is C24H24N2O5S2. The molecule has 0 spiro atoms. The zero-order valence-electron chi connectivity index (χ0n) is 18.3. The van der Waals surface area contributed by atoms with Crippen LogP contribution in [0.25, 0.3) is 0 Å². The maximum atomic E-state index is 12.7. The Labute approximate surface area is 199 Å². The van der Waals surface area contributed by atoms with E-state index in [0.717, 1.165) is 34.6 Å². The van der Waals surface area contributed by atoms with Crippen molar-refractivity contribution >= 4 is 51.6 Å². The van der Waals surface area contributed by atoms with Crippen LogP contribution >= 0.6 is 23.1 Å². The first-order chi connectivity index (χ1) is 15.9. The van der Waals surface area contributed by atoms with Crippen LogP contribution in [0.4, 0.5) is 10.7 Å². The standard InChI is InChI=1S/C24H24N2O5S2/c1-14-8-9-17-19(11-14)33-23(21(17)24(29)30-2)26-20(27)13-32-16-6-3-5-15(12-16)25-22(28)18-7-4-10-31-18/h3-7,10,12,14H,8-9,11,13H2,1-2H3,(H,25,28)(H,26,27). The van der Waals surface area contributed by atoms with Crippen molar-refractivity contribution in [3.05, 3.63) is 64.4 Å². The summed E-state index contributed by atoms with van der Waals surface area (Å²) < 4.78 is 10.1. The number of hydrogen-bond acceptors (Lipinski definition) is 7. The lowest BCUT2D eigenvalue weighted by atomic mass is 9.88. The van der Waals surface area contributed by atoms with Gasteiger partial charge in [0, 0.05) is 15.5 Å². The molecule has 9 heteroatoms. The molecule has 0 saturated carbocycles. The van der Waals surface area contributed by atoms with E-state index in [1.807, 2.05) is 12.1 Å². The van der Waals surface area contributed by atoms with Gasteiger partial charge in [0.25, 0.3) is 5.91 Å². The van der Waals surface area contributed by atoms with E-state index in [1.165, 1.54) is 36.5 Å². The number of nitrogens with one attached hydrogen (secondary N) is 2. The summed E-state index contributed by atoms with van der Waals surface area (Å²) in [4.78, 5) is 39.2. The third kappa shape index (κ3) is 5.48. The van der Waals surface area contributed by atoms with E-state index in [9.17, 15) is 14.4 Å². The van der Waals surface area contributed by atoms with Crippen LogP contribution < -0.4 is 10.6 Å². The number of esters is 1. The summed E-state index contributed by atoms with van der Waals surface area (Å²) in [6.07, 6.45) is 4.18. The molecule has 1 unspecified atom stereocenters. The second-order valence-electron chi connectivity index (χ2n) is 7.84. The van der Waals surface area contributed by atoms with Gasteiger partial charge in [-0.15, -0.1) is 23.1 Å². The zero-order chi connectivity index (χ0) is 23.4. The molecule has 0 aliphatic heterocycles. The number of hydrogen-bond donors (Lipinski definition) is 2. The number of thiophene rings is 1. The Hall–Kier alpha value is -3.04. The van der Waals surface area contributed by atoms with Gasteiger partial charge < -0.3 is 19.8 Å². The minimum Gasteiger partial charge on any atom is -0.465 e. The van der Waals surface area contributed by atoms with E-state index >= 15 is 0 Å². The van der Waals surface area contributed by atoms with Crippen molar-refractivity contribution in [1.82, 2.24) is 0 Å². The van der Waals surface area contributed by atoms with Crippen LogP contribution in [0.3, 0.4) is 0 Å². The van der Waals surface area contributed by atoms with Crippen molar-refractivity contribution in [3.63, 3.8) is 0 Å². The number of carbonyl (C=O) groups excluding carboxylic acids is 3. The van der Waals surface area contributed by atoms with Crippen LogP contribution in [0.5, 0.6) is 0 Å². The van der Waals surface area contributed by atoms with Crippen LogP contribution in [-0.4, -0.2) is 30.6 Å². The molecule has 2 aromatic heterocycles. The van der Waals surface area contributed by atoms with E-state index in [2.05, 4.69) is 17.6 Å². The minimum absolute atomic E-state index is 0.162. The number of carbonyl (C=O) groups is 3. The Morgan fingerprint density at radius 2 is 2.06 bits per heavy atom. The van der Waals surface area contributed by atoms with Gasteiger partial charge in [-0.05, 0) is 61.1 Å². The number of thioether (sulfide) groups is 1. The Balaban J connectivity index is 1.40. The third-order valence-corrected chi connectivity index (χ3v) is 7.52. The van der Waals surface area contributed by atoms with Crippen LogP contribution in [0, 0.1) is 5.92 Å². The normalized spacial score (nSPS) is 14.9. The predicted molar refractivity (Wildman–Crippen MR) is 129 cm³/mol. The van der Waals surface area contributed by atoms with Gasteiger partial charge in [0.05, 0.1) is 24.7 Å². The lowest BCUT2D eigenvalue weighted by Gasteiger charge is -2.18. The summed E-state index contributed by atoms with van der Waals surface area (Å²) in [6, 6.07) is 10.5. The fourth-order valence-corrected chi connectivity index (χ4v) is 5.90. The van der Waals surface area contributed by atoms with Crippen molar-refractivity contribution in [2.75, 3.05) is 23.5 Å². The second kappa shape index (κ2) is 10.3. The topological polar surface area (TPSA) is 97.6 Å². The summed E-state index contributed by atoms with van der Waals surface area (Å²) >= 11 is 2.81. The molecule has 1 aliphatic rings. The molecule has 1 aliphatic carbocycles. The maximum Gasteiger partial charge on any atom is 0.341 e. The van der Waals surface area contributed by atoms with Crippen molar-refractivity contribution < 1.29 is 23.5 Å². The fourth-order valence-electron chi connectivity index (χ4n) is 3.73. The van der Waals surface area contributed by atoms with Gasteiger partial charge in [-0.1, -0.05) is 13.0 Å². The first-order valence-electron chi connectivity index (χ1n) is 10.5. The van der Waals surface area contributed by atoms with Gasteiger partial charge in [-0.2, -0.15) is 0 Å². The van der Waals surface area contributed by atoms with Gasteiger partial charge in [-0.3, -0.25) is 9.59 Å². The average molecular weight is 485 g/mol. The molecule has 33 heavy (non-hydrogen) atoms. The number of amides is 2. The first kappa shape index (κ1) is 23.1. The minimum atomic E-state index is -0.412. The van der Waals surface area contributed by atoms with Crippen LogP contribution in [0.15, 0.2) is 52.0 Å². The highest BCUT2D eigenvalue weighted by Gasteiger charge is 2.28. The smallest absolute Gasteiger partial charge is 0.341 e. The number of fused-ring (bicyclic) bond motifs is 1. The zero-order valence-corrected chi connectivity index (χ0v) is 19.9. The fraction of sp³-hybridized carbons (Fsp3) is 0.292. The molecule has 2 amide bonds. The van der Waals surface area contributed by atoms with Crippen molar-refractivity contribution in [2.45, 2.75) is 31.1 Å². The molecule has 3 aromatic rings.